The van der Waals surface area contributed by atoms with Crippen molar-refractivity contribution in [1.82, 2.24) is 14.9 Å². The van der Waals surface area contributed by atoms with E-state index in [1.54, 1.807) is 13.0 Å². The van der Waals surface area contributed by atoms with Crippen LogP contribution in [0.3, 0.4) is 0 Å². The Morgan fingerprint density at radius 1 is 1.12 bits per heavy atom. The van der Waals surface area contributed by atoms with Gasteiger partial charge in [-0.05, 0) is 82.2 Å². The summed E-state index contributed by atoms with van der Waals surface area (Å²) in [5.74, 6) is 5.70. The lowest BCUT2D eigenvalue weighted by Gasteiger charge is -2.44. The first-order chi connectivity index (χ1) is 16.4. The molecule has 0 amide bonds. The Kier molecular flexibility index (Phi) is 6.35. The molecular weight excluding hydrogens is 438 g/mol. The minimum absolute atomic E-state index is 0.0966. The summed E-state index contributed by atoms with van der Waals surface area (Å²) >= 11 is 0. The molecule has 1 aliphatic carbocycles. The van der Waals surface area contributed by atoms with Crippen LogP contribution in [-0.2, 0) is 0 Å². The average molecular weight is 471 g/mol. The molecule has 1 unspecified atom stereocenters. The van der Waals surface area contributed by atoms with Gasteiger partial charge < -0.3 is 10.6 Å². The van der Waals surface area contributed by atoms with Crippen LogP contribution in [0.2, 0.25) is 0 Å². The first-order valence-electron chi connectivity index (χ1n) is 12.1. The molecule has 3 aliphatic rings. The number of amidine groups is 1. The van der Waals surface area contributed by atoms with Gasteiger partial charge in [0.2, 0.25) is 5.95 Å². The molecule has 2 aromatic rings. The smallest absolute Gasteiger partial charge is 0.229 e. The fraction of sp³-hybridized carbons (Fsp3) is 0.542. The molecule has 1 saturated carbocycles. The number of halogens is 2. The quantitative estimate of drug-likeness (QED) is 0.213. The number of nitrogens with two attached hydrogens (primary N) is 1. The highest BCUT2D eigenvalue weighted by molar-refractivity contribution is 5.94. The number of nitrogens with one attached hydrogen (secondary N) is 3. The standard InChI is InChI=1S/C24H32F2N8/c1-14(27)34(28)22-12-20(17(25)11-16(22)15-7-8-15)31-24-29-13-18(26)23(32-24)30-19-5-4-10-33-9-3-2-6-21(19)33/h11-13,15,19,21,27H,2-10,28H2,1H3,(H2,29,30,31,32)/t19-,21?/m1/s1. The molecule has 5 rings (SSSR count). The molecule has 2 aliphatic heterocycles. The molecule has 2 saturated heterocycles. The van der Waals surface area contributed by atoms with E-state index in [-0.39, 0.29) is 35.2 Å². The summed E-state index contributed by atoms with van der Waals surface area (Å²) in [7, 11) is 0. The van der Waals surface area contributed by atoms with Crippen LogP contribution in [0.1, 0.15) is 63.4 Å². The molecule has 182 valence electrons. The van der Waals surface area contributed by atoms with E-state index in [9.17, 15) is 8.78 Å². The second-order valence-corrected chi connectivity index (χ2v) is 9.63. The number of piperidine rings is 2. The van der Waals surface area contributed by atoms with Crippen molar-refractivity contribution in [3.05, 3.63) is 35.5 Å². The summed E-state index contributed by atoms with van der Waals surface area (Å²) in [6.45, 7) is 3.76. The summed E-state index contributed by atoms with van der Waals surface area (Å²) in [5, 5.41) is 15.3. The fourth-order valence-corrected chi connectivity index (χ4v) is 5.23. The zero-order valence-electron chi connectivity index (χ0n) is 19.5. The fourth-order valence-electron chi connectivity index (χ4n) is 5.23. The number of hydrazine groups is 1. The van der Waals surface area contributed by atoms with Gasteiger partial charge in [0.25, 0.3) is 0 Å². The molecular formula is C24H32F2N8. The van der Waals surface area contributed by atoms with Gasteiger partial charge in [-0.25, -0.2) is 19.6 Å². The van der Waals surface area contributed by atoms with Gasteiger partial charge in [0.1, 0.15) is 11.7 Å². The Bertz CT molecular complexity index is 1070. The van der Waals surface area contributed by atoms with Crippen molar-refractivity contribution in [1.29, 1.82) is 5.41 Å². The maximum atomic E-state index is 15.0. The predicted molar refractivity (Wildman–Crippen MR) is 130 cm³/mol. The number of benzene rings is 1. The minimum atomic E-state index is -0.531. The second kappa shape index (κ2) is 9.42. The van der Waals surface area contributed by atoms with Crippen molar-refractivity contribution in [3.63, 3.8) is 0 Å². The summed E-state index contributed by atoms with van der Waals surface area (Å²) in [6, 6.07) is 3.53. The summed E-state index contributed by atoms with van der Waals surface area (Å²) in [5.41, 5.74) is 1.48. The molecule has 2 atom stereocenters. The summed E-state index contributed by atoms with van der Waals surface area (Å²) in [6.07, 6.45) is 8.57. The maximum absolute atomic E-state index is 15.0. The van der Waals surface area contributed by atoms with Gasteiger partial charge in [-0.1, -0.05) is 6.42 Å². The molecule has 1 aromatic heterocycles. The van der Waals surface area contributed by atoms with Crippen LogP contribution in [0, 0.1) is 17.0 Å². The lowest BCUT2D eigenvalue weighted by molar-refractivity contribution is 0.0975. The largest absolute Gasteiger partial charge is 0.363 e. The Morgan fingerprint density at radius 3 is 2.68 bits per heavy atom. The van der Waals surface area contributed by atoms with Crippen LogP contribution in [0.5, 0.6) is 0 Å². The predicted octanol–water partition coefficient (Wildman–Crippen LogP) is 4.48. The molecule has 5 N–H and O–H groups in total. The lowest BCUT2D eigenvalue weighted by Crippen LogP contribution is -2.53. The molecule has 3 fully saturated rings. The third kappa shape index (κ3) is 4.69. The van der Waals surface area contributed by atoms with E-state index >= 15 is 0 Å². The highest BCUT2D eigenvalue weighted by atomic mass is 19.1. The minimum Gasteiger partial charge on any atom is -0.363 e. The number of hydrogen-bond donors (Lipinski definition) is 4. The second-order valence-electron chi connectivity index (χ2n) is 9.63. The van der Waals surface area contributed by atoms with Gasteiger partial charge in [-0.3, -0.25) is 15.3 Å². The first-order valence-corrected chi connectivity index (χ1v) is 12.1. The highest BCUT2D eigenvalue weighted by Crippen LogP contribution is 2.45. The van der Waals surface area contributed by atoms with E-state index in [1.165, 1.54) is 23.9 Å². The SMILES string of the molecule is CC(=N)N(N)c1cc(Nc2ncc(F)c(N[C@@H]3CCCN4CCCCC34)n2)c(F)cc1C1CC1. The number of aromatic nitrogens is 2. The Labute approximate surface area is 198 Å². The van der Waals surface area contributed by atoms with Crippen molar-refractivity contribution < 1.29 is 8.78 Å². The van der Waals surface area contributed by atoms with Crippen molar-refractivity contribution >= 4 is 29.0 Å². The Balaban J connectivity index is 1.38. The van der Waals surface area contributed by atoms with Gasteiger partial charge in [-0.2, -0.15) is 4.98 Å². The normalized spacial score (nSPS) is 22.7. The van der Waals surface area contributed by atoms with Gasteiger partial charge in [-0.15, -0.1) is 0 Å². The number of anilines is 4. The molecule has 8 nitrogen and oxygen atoms in total. The first kappa shape index (κ1) is 22.9. The van der Waals surface area contributed by atoms with Crippen molar-refractivity contribution in [3.8, 4) is 0 Å². The molecule has 0 spiro atoms. The topological polar surface area (TPSA) is 106 Å². The third-order valence-corrected chi connectivity index (χ3v) is 7.16. The monoisotopic (exact) mass is 470 g/mol. The number of fused-ring (bicyclic) bond motifs is 1. The molecule has 3 heterocycles. The summed E-state index contributed by atoms with van der Waals surface area (Å²) in [4.78, 5) is 10.9. The molecule has 1 aromatic carbocycles. The molecule has 0 radical (unpaired) electrons. The van der Waals surface area contributed by atoms with Crippen molar-refractivity contribution in [2.45, 2.75) is 69.9 Å². The van der Waals surface area contributed by atoms with Crippen LogP contribution in [0.4, 0.5) is 31.9 Å². The van der Waals surface area contributed by atoms with Gasteiger partial charge in [0.05, 0.1) is 17.6 Å². The van der Waals surface area contributed by atoms with Crippen LogP contribution < -0.4 is 21.5 Å². The van der Waals surface area contributed by atoms with Crippen LogP contribution in [0.15, 0.2) is 18.3 Å². The number of hydrogen-bond acceptors (Lipinski definition) is 7. The zero-order valence-corrected chi connectivity index (χ0v) is 19.5. The van der Waals surface area contributed by atoms with Gasteiger partial charge in [0, 0.05) is 12.1 Å². The Morgan fingerprint density at radius 2 is 1.91 bits per heavy atom. The molecule has 0 bridgehead atoms. The van der Waals surface area contributed by atoms with E-state index in [4.69, 9.17) is 11.3 Å². The zero-order chi connectivity index (χ0) is 23.8. The average Bonchev–Trinajstić information content (AvgIpc) is 3.67. The van der Waals surface area contributed by atoms with Crippen LogP contribution in [0.25, 0.3) is 0 Å². The Hall–Kier alpha value is -2.85. The lowest BCUT2D eigenvalue weighted by atomic mass is 9.89. The highest BCUT2D eigenvalue weighted by Gasteiger charge is 2.34. The van der Waals surface area contributed by atoms with E-state index in [2.05, 4.69) is 25.5 Å². The van der Waals surface area contributed by atoms with Crippen LogP contribution in [-0.4, -0.2) is 45.9 Å². The summed E-state index contributed by atoms with van der Waals surface area (Å²) < 4.78 is 29.6. The maximum Gasteiger partial charge on any atom is 0.229 e. The van der Waals surface area contributed by atoms with Gasteiger partial charge >= 0.3 is 0 Å². The van der Waals surface area contributed by atoms with Gasteiger partial charge in [0.15, 0.2) is 11.6 Å². The van der Waals surface area contributed by atoms with E-state index in [1.807, 2.05) is 0 Å². The van der Waals surface area contributed by atoms with E-state index in [0.717, 1.165) is 57.0 Å². The third-order valence-electron chi connectivity index (χ3n) is 7.16. The van der Waals surface area contributed by atoms with E-state index in [0.29, 0.717) is 11.7 Å². The molecule has 10 heteroatoms. The van der Waals surface area contributed by atoms with Crippen molar-refractivity contribution in [2.24, 2.45) is 5.84 Å². The van der Waals surface area contributed by atoms with Crippen molar-refractivity contribution in [2.75, 3.05) is 28.7 Å². The number of nitrogens with zero attached hydrogens (tertiary/aromatic N) is 4. The molecule has 34 heavy (non-hydrogen) atoms. The number of rotatable bonds is 6. The van der Waals surface area contributed by atoms with E-state index < -0.39 is 11.6 Å². The van der Waals surface area contributed by atoms with Crippen LogP contribution >= 0.6 is 0 Å².